The number of carboxylic acids is 1. The Hall–Kier alpha value is -4.83. The van der Waals surface area contributed by atoms with Crippen molar-refractivity contribution >= 4 is 17.9 Å². The summed E-state index contributed by atoms with van der Waals surface area (Å²) < 4.78 is 23.0. The molecule has 100 heavy (non-hydrogen) atoms. The van der Waals surface area contributed by atoms with Gasteiger partial charge >= 0.3 is 17.9 Å². The number of rotatable bonds is 76. The summed E-state index contributed by atoms with van der Waals surface area (Å²) in [6.45, 7) is 4.76. The van der Waals surface area contributed by atoms with E-state index < -0.39 is 24.3 Å². The number of allylic oxidation sites excluding steroid dienone is 24. The minimum Gasteiger partial charge on any atom is -0.477 e. The van der Waals surface area contributed by atoms with E-state index in [1.807, 2.05) is 21.1 Å². The molecule has 0 spiro atoms. The number of quaternary nitrogens is 1. The summed E-state index contributed by atoms with van der Waals surface area (Å²) in [4.78, 5) is 37.7. The fourth-order valence-electron chi connectivity index (χ4n) is 11.6. The van der Waals surface area contributed by atoms with Crippen molar-refractivity contribution in [3.05, 3.63) is 146 Å². The zero-order valence-corrected chi connectivity index (χ0v) is 65.6. The molecule has 0 heterocycles. The molecule has 9 heteroatoms. The van der Waals surface area contributed by atoms with Crippen LogP contribution in [0.5, 0.6) is 0 Å². The first-order chi connectivity index (χ1) is 49.1. The van der Waals surface area contributed by atoms with Crippen LogP contribution in [0.1, 0.15) is 354 Å². The maximum atomic E-state index is 13.0. The maximum absolute atomic E-state index is 13.0. The zero-order valence-electron chi connectivity index (χ0n) is 65.6. The van der Waals surface area contributed by atoms with Gasteiger partial charge in [-0.15, -0.1) is 0 Å². The first-order valence-corrected chi connectivity index (χ1v) is 41.5. The average Bonchev–Trinajstić information content (AvgIpc) is 1.08. The van der Waals surface area contributed by atoms with E-state index in [0.717, 1.165) is 122 Å². The summed E-state index contributed by atoms with van der Waals surface area (Å²) in [5.41, 5.74) is 0. The number of ether oxygens (including phenoxy) is 4. The molecule has 0 aliphatic heterocycles. The predicted molar refractivity (Wildman–Crippen MR) is 433 cm³/mol. The molecule has 0 aliphatic rings. The van der Waals surface area contributed by atoms with Gasteiger partial charge in [0.05, 0.1) is 34.4 Å². The minimum absolute atomic E-state index is 0.177. The summed E-state index contributed by atoms with van der Waals surface area (Å²) in [5, 5.41) is 9.78. The van der Waals surface area contributed by atoms with Crippen LogP contribution in [-0.4, -0.2) is 87.4 Å². The lowest BCUT2D eigenvalue weighted by Gasteiger charge is -2.25. The lowest BCUT2D eigenvalue weighted by Crippen LogP contribution is -2.40. The van der Waals surface area contributed by atoms with Crippen molar-refractivity contribution in [3.63, 3.8) is 0 Å². The van der Waals surface area contributed by atoms with Crippen LogP contribution in [0.15, 0.2) is 146 Å². The van der Waals surface area contributed by atoms with Crippen LogP contribution in [0.4, 0.5) is 0 Å². The molecule has 0 saturated carbocycles. The van der Waals surface area contributed by atoms with Crippen molar-refractivity contribution < 1.29 is 42.9 Å². The molecule has 0 fully saturated rings. The highest BCUT2D eigenvalue weighted by Gasteiger charge is 2.25. The number of unbranched alkanes of at least 4 members (excludes halogenated alkanes) is 37. The number of nitrogens with zero attached hydrogens (tertiary/aromatic N) is 1. The number of likely N-dealkylation sites (N-methyl/N-ethyl adjacent to an activating group) is 1. The van der Waals surface area contributed by atoms with Crippen LogP contribution in [-0.2, 0) is 33.3 Å². The van der Waals surface area contributed by atoms with Gasteiger partial charge in [-0.25, -0.2) is 4.79 Å². The molecule has 0 rings (SSSR count). The lowest BCUT2D eigenvalue weighted by atomic mass is 10.0. The molecule has 0 aromatic carbocycles. The number of esters is 2. The Labute approximate surface area is 617 Å². The number of carbonyl (C=O) groups is 3. The van der Waals surface area contributed by atoms with Crippen LogP contribution in [0.3, 0.4) is 0 Å². The Morgan fingerprint density at radius 3 is 0.850 bits per heavy atom. The Balaban J connectivity index is 4.12. The number of hydrogen-bond donors (Lipinski definition) is 1. The van der Waals surface area contributed by atoms with E-state index >= 15 is 0 Å². The van der Waals surface area contributed by atoms with Crippen molar-refractivity contribution in [3.8, 4) is 0 Å². The molecule has 0 bridgehead atoms. The third kappa shape index (κ3) is 80.5. The molecule has 0 saturated heterocycles. The second kappa shape index (κ2) is 79.9. The van der Waals surface area contributed by atoms with Crippen molar-refractivity contribution in [2.24, 2.45) is 0 Å². The summed E-state index contributed by atoms with van der Waals surface area (Å²) in [7, 11) is 5.97. The molecule has 0 amide bonds. The Morgan fingerprint density at radius 1 is 0.310 bits per heavy atom. The second-order valence-corrected chi connectivity index (χ2v) is 28.7. The van der Waals surface area contributed by atoms with E-state index in [1.54, 1.807) is 0 Å². The van der Waals surface area contributed by atoms with E-state index in [2.05, 4.69) is 160 Å². The molecule has 572 valence electrons. The summed E-state index contributed by atoms with van der Waals surface area (Å²) in [6.07, 6.45) is 114. The molecule has 0 aromatic rings. The molecular weight excluding hydrogens is 1230 g/mol. The van der Waals surface area contributed by atoms with Crippen LogP contribution < -0.4 is 0 Å². The van der Waals surface area contributed by atoms with Crippen molar-refractivity contribution in [2.45, 2.75) is 367 Å². The first kappa shape index (κ1) is 95.2. The highest BCUT2D eigenvalue weighted by Crippen LogP contribution is 2.19. The van der Waals surface area contributed by atoms with E-state index in [4.69, 9.17) is 18.9 Å². The lowest BCUT2D eigenvalue weighted by molar-refractivity contribution is -0.870. The topological polar surface area (TPSA) is 108 Å². The van der Waals surface area contributed by atoms with Crippen molar-refractivity contribution in [1.82, 2.24) is 0 Å². The van der Waals surface area contributed by atoms with Gasteiger partial charge in [-0.2, -0.15) is 0 Å². The quantitative estimate of drug-likeness (QED) is 0.0211. The average molecular weight is 1390 g/mol. The van der Waals surface area contributed by atoms with Gasteiger partial charge in [0.15, 0.2) is 6.10 Å². The maximum Gasteiger partial charge on any atom is 0.361 e. The van der Waals surface area contributed by atoms with Gasteiger partial charge in [0.2, 0.25) is 0 Å². The molecule has 1 N–H and O–H groups in total. The fraction of sp³-hybridized carbons (Fsp3) is 0.703. The van der Waals surface area contributed by atoms with Gasteiger partial charge in [0.1, 0.15) is 13.2 Å². The van der Waals surface area contributed by atoms with Gasteiger partial charge in [0, 0.05) is 12.8 Å². The summed E-state index contributed by atoms with van der Waals surface area (Å²) in [5.74, 6) is -2.04. The van der Waals surface area contributed by atoms with E-state index in [1.165, 1.54) is 199 Å². The largest absolute Gasteiger partial charge is 0.477 e. The second-order valence-electron chi connectivity index (χ2n) is 28.7. The fourth-order valence-corrected chi connectivity index (χ4v) is 11.6. The van der Waals surface area contributed by atoms with Gasteiger partial charge in [-0.05, 0) is 103 Å². The monoisotopic (exact) mass is 1390 g/mol. The van der Waals surface area contributed by atoms with Gasteiger partial charge in [-0.1, -0.05) is 384 Å². The van der Waals surface area contributed by atoms with Crippen molar-refractivity contribution in [2.75, 3.05) is 47.5 Å². The third-order valence-electron chi connectivity index (χ3n) is 17.9. The van der Waals surface area contributed by atoms with Crippen LogP contribution in [0.25, 0.3) is 0 Å². The molecule has 2 unspecified atom stereocenters. The minimum atomic E-state index is -1.53. The van der Waals surface area contributed by atoms with Gasteiger partial charge in [-0.3, -0.25) is 9.59 Å². The molecular formula is C91H156NO8+. The number of aliphatic carboxylic acids is 1. The van der Waals surface area contributed by atoms with E-state index in [-0.39, 0.29) is 32.2 Å². The predicted octanol–water partition coefficient (Wildman–Crippen LogP) is 27.0. The van der Waals surface area contributed by atoms with E-state index in [9.17, 15) is 19.5 Å². The number of carbonyl (C=O) groups excluding carboxylic acids is 2. The van der Waals surface area contributed by atoms with Crippen molar-refractivity contribution in [1.29, 1.82) is 0 Å². The summed E-state index contributed by atoms with van der Waals surface area (Å²) >= 11 is 0. The standard InChI is InChI=1S/C91H155NO8/c1-6-8-10-12-14-16-18-20-22-24-26-28-30-32-34-36-38-40-42-43-44-45-46-47-48-50-52-54-56-58-60-62-64-66-68-70-72-74-76-78-80-82-89(94)100-87(86-99-91(90(95)96)97-84-83-92(3,4)5)85-98-88(93)81-79-77-75-73-71-69-67-65-63-61-59-57-55-53-51-49-41-39-37-35-33-31-29-27-25-23-21-19-17-15-13-11-9-7-2/h8,10,14,16,20,22,26,28,32,34,38,40,43-44,46-47,50,52,56,58,62,64,68,70,87,91H,6-7,9,11-13,15,17-19,21,23-25,27,29-31,33,35-37,39,41-42,45,48-49,51,53-55,57,59-61,63,65-67,69,71-86H2,1-5H3/p+1/b10-8-,16-14-,22-20-,28-26-,34-32-,40-38-,44-43-,47-46-,52-50-,58-56-,64-62-,70-68-. The van der Waals surface area contributed by atoms with E-state index in [0.29, 0.717) is 23.9 Å². The van der Waals surface area contributed by atoms with Gasteiger partial charge < -0.3 is 28.5 Å². The molecule has 0 aromatic heterocycles. The Kier molecular flexibility index (Phi) is 76.0. The molecule has 0 radical (unpaired) electrons. The molecule has 0 aliphatic carbocycles. The molecule has 2 atom stereocenters. The zero-order chi connectivity index (χ0) is 72.5. The Bertz CT molecular complexity index is 2160. The van der Waals surface area contributed by atoms with Crippen LogP contribution in [0.2, 0.25) is 0 Å². The summed E-state index contributed by atoms with van der Waals surface area (Å²) in [6, 6.07) is 0. The number of hydrogen-bond acceptors (Lipinski definition) is 7. The SMILES string of the molecule is CC/C=C\C/C=C\C/C=C\C/C=C\C/C=C\C/C=C\C/C=C\C/C=C\C/C=C\C/C=C\C/C=C\C/C=C\CCCCCCC(=O)OC(COC(=O)CCCCCCCCCCCCCCCCCCCCCCCCCCCCCCCCCCCC)COC(OCC[N+](C)(C)C)C(=O)O. The Morgan fingerprint density at radius 2 is 0.570 bits per heavy atom. The van der Waals surface area contributed by atoms with Crippen LogP contribution in [0, 0.1) is 0 Å². The van der Waals surface area contributed by atoms with Crippen LogP contribution >= 0.6 is 0 Å². The first-order valence-electron chi connectivity index (χ1n) is 41.5. The number of carboxylic acid groups (broad SMARTS) is 1. The third-order valence-corrected chi connectivity index (χ3v) is 17.9. The highest BCUT2D eigenvalue weighted by molar-refractivity contribution is 5.71. The highest BCUT2D eigenvalue weighted by atomic mass is 16.7. The molecule has 9 nitrogen and oxygen atoms in total. The smallest absolute Gasteiger partial charge is 0.361 e. The normalized spacial score (nSPS) is 13.4. The van der Waals surface area contributed by atoms with Gasteiger partial charge in [0.25, 0.3) is 6.29 Å².